The van der Waals surface area contributed by atoms with E-state index in [2.05, 4.69) is 108 Å². The molecule has 3 fully saturated rings. The number of benzene rings is 2. The van der Waals surface area contributed by atoms with Crippen LogP contribution in [-0.4, -0.2) is 28.6 Å². The standard InChI is InChI=1S/C20H27N.C19H28O2.ClH/c1-16(21-20(2,3)4)15-19(17-11-7-5-8-12-17)18-13-9-6-10-14-18;1-18-9-7-13(20)11-12(18)3-4-14-15-5-6-17(21)19(15,2)10-8-16(14)18;/h5-14,16,19,21H,15H2,1-4H3;11,14-17,21H,3-10H2,1-2H3;1H/t;14-,15-,16-,17-,18-,19-;/m.0./s1. The lowest BCUT2D eigenvalue weighted by atomic mass is 9.47. The number of fused-ring (bicyclic) bond motifs is 5. The van der Waals surface area contributed by atoms with Gasteiger partial charge in [-0.2, -0.15) is 0 Å². The average Bonchev–Trinajstić information content (AvgIpc) is 3.26. The fourth-order valence-electron chi connectivity index (χ4n) is 9.52. The molecule has 0 spiro atoms. The molecule has 4 aliphatic carbocycles. The molecule has 0 aromatic heterocycles. The normalized spacial score (nSPS) is 32.3. The number of carbonyl (C=O) groups excluding carboxylic acids is 1. The molecule has 4 aliphatic rings. The zero-order valence-electron chi connectivity index (χ0n) is 27.4. The molecule has 0 saturated heterocycles. The summed E-state index contributed by atoms with van der Waals surface area (Å²) in [6.45, 7) is 13.7. The quantitative estimate of drug-likeness (QED) is 0.357. The SMILES string of the molecule is CC(CC(c1ccccc1)c1ccccc1)NC(C)(C)C.C[C@]12CC[C@H]3[C@@H](CCC4=CC(=O)CC[C@@]43C)[C@@H]1CC[C@@H]2O.Cl. The largest absolute Gasteiger partial charge is 0.393 e. The van der Waals surface area contributed by atoms with Crippen LogP contribution in [-0.2, 0) is 4.79 Å². The Labute approximate surface area is 267 Å². The number of halogens is 1. The molecule has 0 radical (unpaired) electrons. The summed E-state index contributed by atoms with van der Waals surface area (Å²) >= 11 is 0. The van der Waals surface area contributed by atoms with Crippen molar-refractivity contribution in [3.63, 3.8) is 0 Å². The van der Waals surface area contributed by atoms with Crippen LogP contribution in [0.1, 0.15) is 116 Å². The number of nitrogens with one attached hydrogen (secondary N) is 1. The summed E-state index contributed by atoms with van der Waals surface area (Å²) in [4.78, 5) is 11.8. The Kier molecular flexibility index (Phi) is 10.7. The van der Waals surface area contributed by atoms with Crippen molar-refractivity contribution in [3.8, 4) is 0 Å². The molecule has 4 heteroatoms. The van der Waals surface area contributed by atoms with Crippen molar-refractivity contribution in [2.24, 2.45) is 28.6 Å². The zero-order valence-corrected chi connectivity index (χ0v) is 28.3. The van der Waals surface area contributed by atoms with Crippen molar-refractivity contribution < 1.29 is 9.90 Å². The summed E-state index contributed by atoms with van der Waals surface area (Å²) in [5.41, 5.74) is 4.83. The number of ketones is 1. The zero-order chi connectivity index (χ0) is 30.1. The van der Waals surface area contributed by atoms with E-state index in [0.717, 1.165) is 43.9 Å². The van der Waals surface area contributed by atoms with E-state index in [9.17, 15) is 9.90 Å². The van der Waals surface area contributed by atoms with E-state index in [4.69, 9.17) is 0 Å². The van der Waals surface area contributed by atoms with Crippen molar-refractivity contribution >= 4 is 18.2 Å². The summed E-state index contributed by atoms with van der Waals surface area (Å²) in [5, 5.41) is 14.1. The molecule has 0 heterocycles. The van der Waals surface area contributed by atoms with Crippen molar-refractivity contribution in [2.45, 2.75) is 123 Å². The van der Waals surface area contributed by atoms with Crippen molar-refractivity contribution in [2.75, 3.05) is 0 Å². The van der Waals surface area contributed by atoms with Crippen LogP contribution in [0.3, 0.4) is 0 Å². The number of aliphatic hydroxyl groups excluding tert-OH is 1. The smallest absolute Gasteiger partial charge is 0.155 e. The van der Waals surface area contributed by atoms with E-state index in [-0.39, 0.29) is 34.9 Å². The maximum Gasteiger partial charge on any atom is 0.155 e. The summed E-state index contributed by atoms with van der Waals surface area (Å²) in [6.07, 6.45) is 11.8. The molecular formula is C39H56ClNO2. The molecule has 2 N–H and O–H groups in total. The molecular weight excluding hydrogens is 550 g/mol. The number of allylic oxidation sites excluding steroid dienone is 1. The van der Waals surface area contributed by atoms with Gasteiger partial charge in [0, 0.05) is 23.9 Å². The maximum absolute atomic E-state index is 11.8. The highest BCUT2D eigenvalue weighted by molar-refractivity contribution is 5.91. The van der Waals surface area contributed by atoms with Crippen LogP contribution in [0.4, 0.5) is 0 Å². The molecule has 3 nitrogen and oxygen atoms in total. The minimum Gasteiger partial charge on any atom is -0.393 e. The fraction of sp³-hybridized carbons (Fsp3) is 0.615. The fourth-order valence-corrected chi connectivity index (χ4v) is 9.52. The predicted octanol–water partition coefficient (Wildman–Crippen LogP) is 9.29. The van der Waals surface area contributed by atoms with Crippen LogP contribution < -0.4 is 5.32 Å². The van der Waals surface area contributed by atoms with Gasteiger partial charge in [0.15, 0.2) is 5.78 Å². The van der Waals surface area contributed by atoms with Gasteiger partial charge in [-0.05, 0) is 125 Å². The third-order valence-corrected chi connectivity index (χ3v) is 11.6. The van der Waals surface area contributed by atoms with Gasteiger partial charge in [-0.15, -0.1) is 12.4 Å². The summed E-state index contributed by atoms with van der Waals surface area (Å²) in [7, 11) is 0. The first-order valence-electron chi connectivity index (χ1n) is 16.7. The highest BCUT2D eigenvalue weighted by Crippen LogP contribution is 2.65. The second-order valence-electron chi connectivity index (χ2n) is 15.5. The molecule has 6 rings (SSSR count). The Morgan fingerprint density at radius 2 is 1.47 bits per heavy atom. The van der Waals surface area contributed by atoms with Gasteiger partial charge in [0.2, 0.25) is 0 Å². The van der Waals surface area contributed by atoms with Gasteiger partial charge in [0.1, 0.15) is 0 Å². The molecule has 0 amide bonds. The highest BCUT2D eigenvalue weighted by Gasteiger charge is 2.58. The Morgan fingerprint density at radius 3 is 2.05 bits per heavy atom. The van der Waals surface area contributed by atoms with Gasteiger partial charge in [0.05, 0.1) is 6.10 Å². The number of carbonyl (C=O) groups is 1. The van der Waals surface area contributed by atoms with E-state index in [0.29, 0.717) is 23.7 Å². The van der Waals surface area contributed by atoms with Crippen LogP contribution in [0.5, 0.6) is 0 Å². The lowest BCUT2D eigenvalue weighted by Crippen LogP contribution is -2.51. The van der Waals surface area contributed by atoms with Gasteiger partial charge in [-0.25, -0.2) is 0 Å². The second kappa shape index (κ2) is 13.6. The highest BCUT2D eigenvalue weighted by atomic mass is 35.5. The molecule has 2 aromatic carbocycles. The first-order chi connectivity index (χ1) is 19.9. The van der Waals surface area contributed by atoms with E-state index >= 15 is 0 Å². The first kappa shape index (κ1) is 33.9. The minimum absolute atomic E-state index is 0. The molecule has 7 atom stereocenters. The van der Waals surface area contributed by atoms with Crippen LogP contribution in [0.15, 0.2) is 72.3 Å². The van der Waals surface area contributed by atoms with Crippen LogP contribution >= 0.6 is 12.4 Å². The first-order valence-corrected chi connectivity index (χ1v) is 16.7. The molecule has 43 heavy (non-hydrogen) atoms. The summed E-state index contributed by atoms with van der Waals surface area (Å²) < 4.78 is 0. The van der Waals surface area contributed by atoms with Gasteiger partial charge < -0.3 is 10.4 Å². The Balaban J connectivity index is 0.000000192. The van der Waals surface area contributed by atoms with E-state index in [1.54, 1.807) is 0 Å². The maximum atomic E-state index is 11.8. The van der Waals surface area contributed by atoms with Gasteiger partial charge >= 0.3 is 0 Å². The monoisotopic (exact) mass is 605 g/mol. The third kappa shape index (κ3) is 7.32. The van der Waals surface area contributed by atoms with E-state index in [1.807, 2.05) is 6.08 Å². The number of hydrogen-bond donors (Lipinski definition) is 2. The van der Waals surface area contributed by atoms with Crippen LogP contribution in [0.2, 0.25) is 0 Å². The summed E-state index contributed by atoms with van der Waals surface area (Å²) in [6, 6.07) is 22.1. The molecule has 1 unspecified atom stereocenters. The van der Waals surface area contributed by atoms with E-state index in [1.165, 1.54) is 42.4 Å². The Hall–Kier alpha value is -1.94. The molecule has 0 aliphatic heterocycles. The van der Waals surface area contributed by atoms with Crippen LogP contribution in [0.25, 0.3) is 0 Å². The third-order valence-electron chi connectivity index (χ3n) is 11.6. The molecule has 236 valence electrons. The second-order valence-corrected chi connectivity index (χ2v) is 15.5. The van der Waals surface area contributed by atoms with Crippen molar-refractivity contribution in [1.82, 2.24) is 5.32 Å². The Bertz CT molecular complexity index is 1200. The molecule has 2 aromatic rings. The van der Waals surface area contributed by atoms with Crippen LogP contribution in [0, 0.1) is 28.6 Å². The average molecular weight is 606 g/mol. The van der Waals surface area contributed by atoms with Gasteiger partial charge in [0.25, 0.3) is 0 Å². The topological polar surface area (TPSA) is 49.3 Å². The lowest BCUT2D eigenvalue weighted by Gasteiger charge is -2.57. The minimum atomic E-state index is -0.0823. The molecule has 0 bridgehead atoms. The lowest BCUT2D eigenvalue weighted by molar-refractivity contribution is -0.118. The number of aliphatic hydroxyl groups is 1. The predicted molar refractivity (Wildman–Crippen MR) is 182 cm³/mol. The van der Waals surface area contributed by atoms with Crippen molar-refractivity contribution in [1.29, 1.82) is 0 Å². The number of rotatable bonds is 5. The van der Waals surface area contributed by atoms with Gasteiger partial charge in [-0.1, -0.05) is 80.1 Å². The summed E-state index contributed by atoms with van der Waals surface area (Å²) in [5.74, 6) is 3.02. The van der Waals surface area contributed by atoms with Crippen molar-refractivity contribution in [3.05, 3.63) is 83.4 Å². The molecule has 3 saturated carbocycles. The van der Waals surface area contributed by atoms with Gasteiger partial charge in [-0.3, -0.25) is 4.79 Å². The van der Waals surface area contributed by atoms with E-state index < -0.39 is 0 Å². The number of hydrogen-bond acceptors (Lipinski definition) is 3. The Morgan fingerprint density at radius 1 is 0.860 bits per heavy atom.